The van der Waals surface area contributed by atoms with E-state index in [1.807, 2.05) is 43.3 Å². The third-order valence-electron chi connectivity index (χ3n) is 4.92. The van der Waals surface area contributed by atoms with Gasteiger partial charge in [-0.3, -0.25) is 4.79 Å². The summed E-state index contributed by atoms with van der Waals surface area (Å²) >= 11 is 0. The van der Waals surface area contributed by atoms with Crippen molar-refractivity contribution in [2.24, 2.45) is 7.05 Å². The largest absolute Gasteiger partial charge is 0.336 e. The van der Waals surface area contributed by atoms with Gasteiger partial charge in [0.05, 0.1) is 17.9 Å². The molecule has 0 spiro atoms. The third-order valence-corrected chi connectivity index (χ3v) is 4.92. The van der Waals surface area contributed by atoms with Crippen molar-refractivity contribution in [2.75, 3.05) is 6.54 Å². The van der Waals surface area contributed by atoms with E-state index in [4.69, 9.17) is 0 Å². The first-order valence-electron chi connectivity index (χ1n) is 8.32. The predicted octanol–water partition coefficient (Wildman–Crippen LogP) is 2.05. The molecule has 6 heteroatoms. The van der Waals surface area contributed by atoms with Crippen LogP contribution < -0.4 is 0 Å². The summed E-state index contributed by atoms with van der Waals surface area (Å²) in [7, 11) is 2.02. The highest BCUT2D eigenvalue weighted by Gasteiger charge is 2.24. The molecule has 0 radical (unpaired) electrons. The van der Waals surface area contributed by atoms with Crippen LogP contribution in [0.3, 0.4) is 0 Å². The Morgan fingerprint density at radius 3 is 3.08 bits per heavy atom. The molecule has 0 fully saturated rings. The van der Waals surface area contributed by atoms with Crippen LogP contribution in [-0.4, -0.2) is 36.5 Å². The Hall–Kier alpha value is -2.63. The maximum atomic E-state index is 12.6. The number of carbonyl (C=O) groups excluding carboxylic acids is 1. The third kappa shape index (κ3) is 2.48. The maximum absolute atomic E-state index is 12.6. The number of aryl methyl sites for hydroxylation is 2. The molecule has 3 aromatic rings. The van der Waals surface area contributed by atoms with E-state index in [1.165, 1.54) is 5.69 Å². The van der Waals surface area contributed by atoms with E-state index in [-0.39, 0.29) is 5.91 Å². The summed E-state index contributed by atoms with van der Waals surface area (Å²) in [5.74, 6) is 1.21. The molecule has 3 aromatic heterocycles. The standard InChI is InChI=1S/C18H21N5O/c1-13-20-15-6-10-23(12-16(15)21(13)2)17(24)7-11-22-9-5-14-4-3-8-19-18(14)22/h3-5,8-9H,6-7,10-12H2,1-2H3. The van der Waals surface area contributed by atoms with E-state index in [1.54, 1.807) is 6.20 Å². The number of imidazole rings is 1. The van der Waals surface area contributed by atoms with Gasteiger partial charge in [0.15, 0.2) is 0 Å². The van der Waals surface area contributed by atoms with E-state index >= 15 is 0 Å². The molecular weight excluding hydrogens is 302 g/mol. The summed E-state index contributed by atoms with van der Waals surface area (Å²) in [5.41, 5.74) is 3.24. The van der Waals surface area contributed by atoms with Gasteiger partial charge in [-0.15, -0.1) is 0 Å². The Labute approximate surface area is 140 Å². The van der Waals surface area contributed by atoms with Crippen LogP contribution in [0.1, 0.15) is 23.6 Å². The highest BCUT2D eigenvalue weighted by Crippen LogP contribution is 2.20. The normalized spacial score (nSPS) is 14.2. The van der Waals surface area contributed by atoms with Crippen molar-refractivity contribution >= 4 is 16.9 Å². The lowest BCUT2D eigenvalue weighted by Crippen LogP contribution is -2.37. The first-order chi connectivity index (χ1) is 11.6. The highest BCUT2D eigenvalue weighted by atomic mass is 16.2. The average Bonchev–Trinajstić information content (AvgIpc) is 3.14. The Bertz CT molecular complexity index is 907. The first kappa shape index (κ1) is 14.9. The van der Waals surface area contributed by atoms with Crippen molar-refractivity contribution < 1.29 is 4.79 Å². The van der Waals surface area contributed by atoms with Crippen molar-refractivity contribution in [3.63, 3.8) is 0 Å². The Morgan fingerprint density at radius 1 is 1.33 bits per heavy atom. The molecule has 0 saturated heterocycles. The van der Waals surface area contributed by atoms with Gasteiger partial charge in [0, 0.05) is 50.8 Å². The molecule has 6 nitrogen and oxygen atoms in total. The molecule has 0 aliphatic carbocycles. The second-order valence-corrected chi connectivity index (χ2v) is 6.35. The topological polar surface area (TPSA) is 56.0 Å². The molecule has 0 aromatic carbocycles. The van der Waals surface area contributed by atoms with E-state index in [9.17, 15) is 4.79 Å². The van der Waals surface area contributed by atoms with Gasteiger partial charge in [0.25, 0.3) is 0 Å². The average molecular weight is 323 g/mol. The number of nitrogens with zero attached hydrogens (tertiary/aromatic N) is 5. The number of aromatic nitrogens is 4. The lowest BCUT2D eigenvalue weighted by Gasteiger charge is -2.27. The predicted molar refractivity (Wildman–Crippen MR) is 91.4 cm³/mol. The quantitative estimate of drug-likeness (QED) is 0.741. The Morgan fingerprint density at radius 2 is 2.21 bits per heavy atom. The van der Waals surface area contributed by atoms with Gasteiger partial charge in [-0.2, -0.15) is 0 Å². The Kier molecular flexibility index (Phi) is 3.59. The zero-order chi connectivity index (χ0) is 16.7. The van der Waals surface area contributed by atoms with Gasteiger partial charge in [-0.05, 0) is 25.1 Å². The summed E-state index contributed by atoms with van der Waals surface area (Å²) in [6.07, 6.45) is 5.13. The van der Waals surface area contributed by atoms with E-state index in [0.717, 1.165) is 35.5 Å². The van der Waals surface area contributed by atoms with Gasteiger partial charge in [0.1, 0.15) is 11.5 Å². The molecular formula is C18H21N5O. The number of fused-ring (bicyclic) bond motifs is 2. The summed E-state index contributed by atoms with van der Waals surface area (Å²) in [4.78, 5) is 23.5. The lowest BCUT2D eigenvalue weighted by molar-refractivity contribution is -0.132. The molecule has 0 atom stereocenters. The zero-order valence-corrected chi connectivity index (χ0v) is 14.1. The van der Waals surface area contributed by atoms with Gasteiger partial charge in [-0.25, -0.2) is 9.97 Å². The number of carbonyl (C=O) groups is 1. The van der Waals surface area contributed by atoms with Crippen molar-refractivity contribution in [2.45, 2.75) is 32.9 Å². The van der Waals surface area contributed by atoms with E-state index in [0.29, 0.717) is 19.5 Å². The number of pyridine rings is 1. The van der Waals surface area contributed by atoms with Crippen molar-refractivity contribution in [3.8, 4) is 0 Å². The number of rotatable bonds is 3. The van der Waals surface area contributed by atoms with Crippen LogP contribution in [0, 0.1) is 6.92 Å². The monoisotopic (exact) mass is 323 g/mol. The molecule has 0 saturated carbocycles. The van der Waals surface area contributed by atoms with Crippen molar-refractivity contribution in [1.82, 2.24) is 24.0 Å². The van der Waals surface area contributed by atoms with Crippen LogP contribution in [0.2, 0.25) is 0 Å². The van der Waals surface area contributed by atoms with E-state index in [2.05, 4.69) is 19.1 Å². The summed E-state index contributed by atoms with van der Waals surface area (Å²) in [6.45, 7) is 4.09. The summed E-state index contributed by atoms with van der Waals surface area (Å²) in [5, 5.41) is 1.11. The van der Waals surface area contributed by atoms with Gasteiger partial charge in [0.2, 0.25) is 5.91 Å². The molecule has 0 unspecified atom stereocenters. The van der Waals surface area contributed by atoms with Crippen LogP contribution >= 0.6 is 0 Å². The molecule has 4 heterocycles. The molecule has 1 amide bonds. The van der Waals surface area contributed by atoms with E-state index < -0.39 is 0 Å². The van der Waals surface area contributed by atoms with Gasteiger partial charge in [-0.1, -0.05) is 0 Å². The molecule has 1 aliphatic heterocycles. The first-order valence-corrected chi connectivity index (χ1v) is 8.32. The second-order valence-electron chi connectivity index (χ2n) is 6.35. The molecule has 24 heavy (non-hydrogen) atoms. The van der Waals surface area contributed by atoms with Crippen LogP contribution in [0.15, 0.2) is 30.6 Å². The number of hydrogen-bond donors (Lipinski definition) is 0. The summed E-state index contributed by atoms with van der Waals surface area (Å²) in [6, 6.07) is 6.01. The fraction of sp³-hybridized carbons (Fsp3) is 0.389. The lowest BCUT2D eigenvalue weighted by atomic mass is 10.1. The van der Waals surface area contributed by atoms with Crippen LogP contribution in [-0.2, 0) is 31.4 Å². The fourth-order valence-corrected chi connectivity index (χ4v) is 3.41. The summed E-state index contributed by atoms with van der Waals surface area (Å²) < 4.78 is 4.15. The molecule has 4 rings (SSSR count). The minimum atomic E-state index is 0.192. The van der Waals surface area contributed by atoms with Crippen molar-refractivity contribution in [1.29, 1.82) is 0 Å². The van der Waals surface area contributed by atoms with Crippen LogP contribution in [0.25, 0.3) is 11.0 Å². The molecule has 1 aliphatic rings. The second kappa shape index (κ2) is 5.78. The van der Waals surface area contributed by atoms with Crippen molar-refractivity contribution in [3.05, 3.63) is 47.8 Å². The smallest absolute Gasteiger partial charge is 0.224 e. The fourth-order valence-electron chi connectivity index (χ4n) is 3.41. The SMILES string of the molecule is Cc1nc2c(n1C)CN(C(=O)CCn1ccc3cccnc31)CC2. The van der Waals surface area contributed by atoms with Gasteiger partial charge < -0.3 is 14.0 Å². The zero-order valence-electron chi connectivity index (χ0n) is 14.1. The number of amides is 1. The number of hydrogen-bond acceptors (Lipinski definition) is 3. The molecule has 0 N–H and O–H groups in total. The highest BCUT2D eigenvalue weighted by molar-refractivity contribution is 5.78. The van der Waals surface area contributed by atoms with Gasteiger partial charge >= 0.3 is 0 Å². The van der Waals surface area contributed by atoms with Crippen LogP contribution in [0.5, 0.6) is 0 Å². The van der Waals surface area contributed by atoms with Crippen LogP contribution in [0.4, 0.5) is 0 Å². The molecule has 124 valence electrons. The Balaban J connectivity index is 1.44. The minimum absolute atomic E-state index is 0.192. The maximum Gasteiger partial charge on any atom is 0.224 e. The minimum Gasteiger partial charge on any atom is -0.336 e. The molecule has 0 bridgehead atoms.